The van der Waals surface area contributed by atoms with Crippen molar-refractivity contribution in [2.45, 2.75) is 34.1 Å². The van der Waals surface area contributed by atoms with Crippen molar-refractivity contribution in [2.75, 3.05) is 26.4 Å². The van der Waals surface area contributed by atoms with Gasteiger partial charge in [-0.1, -0.05) is 19.0 Å². The third-order valence-electron chi connectivity index (χ3n) is 5.90. The standard InChI is InChI=1S/C10H10N4O2.C8H6N4O2.C7H7ClN2O2.C4H8O.C3H4N2.CH4.Li.Na.H2O.H/c1-2-16-10(15)8-5-9(13-6-12-8)14-4-3-11-7-14;13-8(14)6-3-7(11-4-10-6)12-2-1-9-5-12;1-2-12-7(11)5-3-6(8)10-4-9-5;1-2-4-5-3-1;1-2-5-3-4-1;;;;;/h3-7H,2H2,1H3;1-5H,(H,13,14);3-4H,2H2,1H3;1-4H2;1-3H,(H,4,5);1H4;;;1H2;/q;;;;;;2*+1;;-1/p-1. The van der Waals surface area contributed by atoms with Gasteiger partial charge in [-0.05, 0) is 26.7 Å². The number of carboxylic acid groups (broad SMARTS) is 1. The molecule has 6 aromatic heterocycles. The number of ether oxygens (including phenoxy) is 3. The summed E-state index contributed by atoms with van der Waals surface area (Å²) in [6, 6.07) is 4.29. The van der Waals surface area contributed by atoms with E-state index in [0.29, 0.717) is 24.8 Å². The average molecular weight is 799 g/mol. The summed E-state index contributed by atoms with van der Waals surface area (Å²) in [6.45, 7) is 6.11. The number of imidazole rings is 3. The summed E-state index contributed by atoms with van der Waals surface area (Å²) in [7, 11) is 0. The topological polar surface area (TPSA) is 271 Å². The van der Waals surface area contributed by atoms with Crippen LogP contribution in [-0.2, 0) is 14.2 Å². The molecular formula is C33H41ClLiN12NaO8. The summed E-state index contributed by atoms with van der Waals surface area (Å²) in [6.07, 6.45) is 21.1. The van der Waals surface area contributed by atoms with Gasteiger partial charge in [0.25, 0.3) is 0 Å². The van der Waals surface area contributed by atoms with E-state index >= 15 is 0 Å². The third-order valence-corrected chi connectivity index (χ3v) is 6.11. The van der Waals surface area contributed by atoms with Gasteiger partial charge in [0.15, 0.2) is 17.1 Å². The number of aromatic amines is 1. The molecule has 7 rings (SSSR count). The Morgan fingerprint density at radius 1 is 0.786 bits per heavy atom. The van der Waals surface area contributed by atoms with Crippen LogP contribution in [0.5, 0.6) is 0 Å². The molecule has 7 heterocycles. The van der Waals surface area contributed by atoms with Gasteiger partial charge in [0.05, 0.1) is 19.5 Å². The Morgan fingerprint density at radius 2 is 1.27 bits per heavy atom. The zero-order valence-corrected chi connectivity index (χ0v) is 33.3. The van der Waals surface area contributed by atoms with E-state index in [1.165, 1.54) is 50.3 Å². The molecule has 0 spiro atoms. The minimum atomic E-state index is -1.08. The first-order chi connectivity index (χ1) is 25.3. The third kappa shape index (κ3) is 20.1. The van der Waals surface area contributed by atoms with Gasteiger partial charge in [0.1, 0.15) is 48.4 Å². The summed E-state index contributed by atoms with van der Waals surface area (Å²) in [5, 5.41) is 8.92. The fourth-order valence-electron chi connectivity index (χ4n) is 3.58. The second kappa shape index (κ2) is 31.3. The van der Waals surface area contributed by atoms with Gasteiger partial charge in [0, 0.05) is 68.6 Å². The summed E-state index contributed by atoms with van der Waals surface area (Å²) in [5.41, 5.74) is 0.376. The van der Waals surface area contributed by atoms with Gasteiger partial charge < -0.3 is 31.2 Å². The molecule has 23 heteroatoms. The molecule has 0 radical (unpaired) electrons. The molecule has 290 valence electrons. The predicted octanol–water partition coefficient (Wildman–Crippen LogP) is -1.71. The van der Waals surface area contributed by atoms with Crippen molar-refractivity contribution < 1.29 is 89.0 Å². The molecule has 1 aliphatic heterocycles. The number of carboxylic acids is 1. The van der Waals surface area contributed by atoms with E-state index in [0.717, 1.165) is 13.2 Å². The smallest absolute Gasteiger partial charge is 1.00 e. The van der Waals surface area contributed by atoms with E-state index in [1.807, 2.05) is 0 Å². The van der Waals surface area contributed by atoms with E-state index in [-0.39, 0.29) is 85.0 Å². The second-order valence-corrected chi connectivity index (χ2v) is 9.90. The van der Waals surface area contributed by atoms with Crippen LogP contribution in [0.25, 0.3) is 11.6 Å². The van der Waals surface area contributed by atoms with E-state index < -0.39 is 17.9 Å². The van der Waals surface area contributed by atoms with Crippen molar-refractivity contribution in [3.8, 4) is 11.6 Å². The van der Waals surface area contributed by atoms with Crippen LogP contribution in [0.3, 0.4) is 0 Å². The van der Waals surface area contributed by atoms with Crippen LogP contribution < -0.4 is 48.4 Å². The first-order valence-corrected chi connectivity index (χ1v) is 15.9. The molecule has 20 nitrogen and oxygen atoms in total. The maximum absolute atomic E-state index is 11.4. The number of carbonyl (C=O) groups excluding carboxylic acids is 2. The zero-order valence-electron chi connectivity index (χ0n) is 31.5. The van der Waals surface area contributed by atoms with Crippen LogP contribution >= 0.6 is 11.6 Å². The van der Waals surface area contributed by atoms with Crippen LogP contribution in [0, 0.1) is 0 Å². The number of aromatic nitrogens is 12. The molecule has 6 aromatic rings. The van der Waals surface area contributed by atoms with Gasteiger partial charge in [-0.3, -0.25) is 9.13 Å². The summed E-state index contributed by atoms with van der Waals surface area (Å²) in [5.74, 6) is -0.952. The van der Waals surface area contributed by atoms with Crippen molar-refractivity contribution in [1.82, 2.24) is 59.0 Å². The SMILES string of the molecule is C.C1CCOC1.CCOC(=O)c1cc(-n2ccnc2)ncn1.CCOC(=O)c1cc(Cl)ncn1.O=C(O)c1cc(-n2ccnc2)ncn1.[H-].[Li+].[Na+].[OH-].c1c[nH]cn1. The maximum atomic E-state index is 11.4. The van der Waals surface area contributed by atoms with Crippen LogP contribution in [0.4, 0.5) is 0 Å². The van der Waals surface area contributed by atoms with Crippen molar-refractivity contribution in [1.29, 1.82) is 0 Å². The molecule has 0 aliphatic carbocycles. The Balaban J connectivity index is -0.000000660. The van der Waals surface area contributed by atoms with Gasteiger partial charge in [-0.25, -0.2) is 59.2 Å². The number of hydrogen-bond donors (Lipinski definition) is 2. The van der Waals surface area contributed by atoms with E-state index in [2.05, 4.69) is 49.8 Å². The predicted molar refractivity (Wildman–Crippen MR) is 193 cm³/mol. The average Bonchev–Trinajstić information content (AvgIpc) is 4.03. The molecule has 56 heavy (non-hydrogen) atoms. The molecule has 0 saturated carbocycles. The molecule has 0 aromatic carbocycles. The van der Waals surface area contributed by atoms with Gasteiger partial charge >= 0.3 is 66.3 Å². The maximum Gasteiger partial charge on any atom is 1.00 e. The molecule has 0 amide bonds. The van der Waals surface area contributed by atoms with Gasteiger partial charge in [-0.2, -0.15) is 0 Å². The Bertz CT molecular complexity index is 1890. The molecule has 0 bridgehead atoms. The quantitative estimate of drug-likeness (QED) is 0.103. The molecule has 3 N–H and O–H groups in total. The number of aromatic carboxylic acids is 1. The van der Waals surface area contributed by atoms with Crippen molar-refractivity contribution >= 4 is 29.5 Å². The number of esters is 2. The molecule has 0 unspecified atom stereocenters. The first kappa shape index (κ1) is 53.2. The number of halogens is 1. The number of nitrogens with one attached hydrogen (secondary N) is 1. The largest absolute Gasteiger partial charge is 1.00 e. The van der Waals surface area contributed by atoms with Crippen LogP contribution in [0.1, 0.15) is 67.0 Å². The Morgan fingerprint density at radius 3 is 1.62 bits per heavy atom. The number of rotatable bonds is 7. The summed E-state index contributed by atoms with van der Waals surface area (Å²) >= 11 is 5.53. The number of carbonyl (C=O) groups is 3. The Hall–Kier alpha value is -4.91. The Labute approximate surface area is 363 Å². The minimum absolute atomic E-state index is 0. The zero-order chi connectivity index (χ0) is 37.4. The Kier molecular flexibility index (Phi) is 29.7. The number of H-pyrrole nitrogens is 1. The van der Waals surface area contributed by atoms with Gasteiger partial charge in [0.2, 0.25) is 0 Å². The van der Waals surface area contributed by atoms with Crippen LogP contribution in [0.2, 0.25) is 5.15 Å². The van der Waals surface area contributed by atoms with E-state index in [9.17, 15) is 14.4 Å². The molecule has 1 aliphatic rings. The number of nitrogens with zero attached hydrogens (tertiary/aromatic N) is 11. The van der Waals surface area contributed by atoms with Crippen LogP contribution in [-0.4, -0.2) is 114 Å². The fraction of sp³-hybridized carbons (Fsp3) is 0.273. The molecular weight excluding hydrogens is 758 g/mol. The van der Waals surface area contributed by atoms with E-state index in [1.54, 1.807) is 78.9 Å². The minimum Gasteiger partial charge on any atom is -1.00 e. The van der Waals surface area contributed by atoms with Gasteiger partial charge in [-0.15, -0.1) is 0 Å². The first-order valence-electron chi connectivity index (χ1n) is 15.5. The van der Waals surface area contributed by atoms with E-state index in [4.69, 9.17) is 30.9 Å². The normalized spacial score (nSPS) is 10.3. The molecule has 1 fully saturated rings. The summed E-state index contributed by atoms with van der Waals surface area (Å²) < 4.78 is 17.8. The second-order valence-electron chi connectivity index (χ2n) is 9.51. The molecule has 1 saturated heterocycles. The molecule has 0 atom stereocenters. The van der Waals surface area contributed by atoms with Crippen molar-refractivity contribution in [3.05, 3.63) is 116 Å². The number of hydrogen-bond acceptors (Lipinski definition) is 16. The van der Waals surface area contributed by atoms with Crippen molar-refractivity contribution in [3.63, 3.8) is 0 Å². The summed E-state index contributed by atoms with van der Waals surface area (Å²) in [4.78, 5) is 69.9. The van der Waals surface area contributed by atoms with Crippen molar-refractivity contribution in [2.24, 2.45) is 0 Å². The fourth-order valence-corrected chi connectivity index (χ4v) is 3.72. The van der Waals surface area contributed by atoms with Crippen LogP contribution in [0.15, 0.2) is 93.3 Å². The monoisotopic (exact) mass is 798 g/mol.